The minimum absolute atomic E-state index is 0.0605. The molecule has 4 nitrogen and oxygen atoms in total. The summed E-state index contributed by atoms with van der Waals surface area (Å²) in [5.74, 6) is 0.0605. The minimum Gasteiger partial charge on any atom is -0.365 e. The molecule has 4 heteroatoms. The lowest BCUT2D eigenvalue weighted by Crippen LogP contribution is -2.52. The SMILES string of the molecule is C=C[C@@H]1CC(=O)[C@@H]2OC(c3ccccc3)OC[C@H]2O1. The summed E-state index contributed by atoms with van der Waals surface area (Å²) in [6.45, 7) is 4.02. The number of ether oxygens (including phenoxy) is 3. The van der Waals surface area contributed by atoms with Gasteiger partial charge in [0.2, 0.25) is 0 Å². The Hall–Kier alpha value is -1.49. The highest BCUT2D eigenvalue weighted by atomic mass is 16.7. The van der Waals surface area contributed by atoms with E-state index in [1.54, 1.807) is 6.08 Å². The maximum Gasteiger partial charge on any atom is 0.184 e. The van der Waals surface area contributed by atoms with Crippen molar-refractivity contribution in [3.05, 3.63) is 48.6 Å². The van der Waals surface area contributed by atoms with Gasteiger partial charge in [0.15, 0.2) is 12.1 Å². The molecule has 1 aromatic carbocycles. The second-order valence-corrected chi connectivity index (χ2v) is 4.75. The number of ketones is 1. The Labute approximate surface area is 112 Å². The number of hydrogen-bond acceptors (Lipinski definition) is 4. The maximum atomic E-state index is 12.1. The van der Waals surface area contributed by atoms with E-state index in [4.69, 9.17) is 14.2 Å². The molecule has 0 amide bonds. The number of rotatable bonds is 2. The lowest BCUT2D eigenvalue weighted by Gasteiger charge is -2.40. The Kier molecular flexibility index (Phi) is 3.46. The van der Waals surface area contributed by atoms with Crippen molar-refractivity contribution in [1.29, 1.82) is 0 Å². The Morgan fingerprint density at radius 3 is 2.74 bits per heavy atom. The van der Waals surface area contributed by atoms with E-state index in [-0.39, 0.29) is 18.0 Å². The molecule has 2 saturated heterocycles. The maximum absolute atomic E-state index is 12.1. The fraction of sp³-hybridized carbons (Fsp3) is 0.400. The van der Waals surface area contributed by atoms with Crippen LogP contribution in [0.5, 0.6) is 0 Å². The summed E-state index contributed by atoms with van der Waals surface area (Å²) < 4.78 is 17.1. The number of benzene rings is 1. The van der Waals surface area contributed by atoms with Crippen LogP contribution in [0, 0.1) is 0 Å². The van der Waals surface area contributed by atoms with Gasteiger partial charge in [0.25, 0.3) is 0 Å². The molecule has 2 aliphatic heterocycles. The van der Waals surface area contributed by atoms with Gasteiger partial charge in [-0.1, -0.05) is 36.4 Å². The molecule has 1 aromatic rings. The molecule has 0 bridgehead atoms. The molecule has 4 atom stereocenters. The summed E-state index contributed by atoms with van der Waals surface area (Å²) >= 11 is 0. The summed E-state index contributed by atoms with van der Waals surface area (Å²) in [5.41, 5.74) is 0.916. The Bertz CT molecular complexity index is 470. The summed E-state index contributed by atoms with van der Waals surface area (Å²) in [5, 5.41) is 0. The van der Waals surface area contributed by atoms with Gasteiger partial charge < -0.3 is 14.2 Å². The number of Topliss-reactive ketones (excluding diaryl/α,β-unsaturated/α-hetero) is 1. The largest absolute Gasteiger partial charge is 0.365 e. The molecule has 100 valence electrons. The van der Waals surface area contributed by atoms with Crippen molar-refractivity contribution < 1.29 is 19.0 Å². The van der Waals surface area contributed by atoms with Gasteiger partial charge in [0, 0.05) is 12.0 Å². The first-order valence-corrected chi connectivity index (χ1v) is 6.40. The third-order valence-corrected chi connectivity index (χ3v) is 3.42. The molecule has 2 heterocycles. The Morgan fingerprint density at radius 2 is 2.00 bits per heavy atom. The minimum atomic E-state index is -0.532. The lowest BCUT2D eigenvalue weighted by atomic mass is 9.98. The van der Waals surface area contributed by atoms with Gasteiger partial charge in [0.05, 0.1) is 12.7 Å². The van der Waals surface area contributed by atoms with Crippen LogP contribution in [0.1, 0.15) is 18.3 Å². The molecule has 0 radical (unpaired) electrons. The number of carbonyl (C=O) groups is 1. The average molecular weight is 260 g/mol. The molecular weight excluding hydrogens is 244 g/mol. The van der Waals surface area contributed by atoms with Crippen LogP contribution < -0.4 is 0 Å². The zero-order valence-corrected chi connectivity index (χ0v) is 10.5. The van der Waals surface area contributed by atoms with E-state index in [1.165, 1.54) is 0 Å². The van der Waals surface area contributed by atoms with Crippen LogP contribution in [0.15, 0.2) is 43.0 Å². The van der Waals surface area contributed by atoms with Crippen molar-refractivity contribution in [2.24, 2.45) is 0 Å². The van der Waals surface area contributed by atoms with Crippen molar-refractivity contribution in [3.8, 4) is 0 Å². The van der Waals surface area contributed by atoms with Crippen LogP contribution in [0.25, 0.3) is 0 Å². The number of carbonyl (C=O) groups excluding carboxylic acids is 1. The van der Waals surface area contributed by atoms with Gasteiger partial charge >= 0.3 is 0 Å². The van der Waals surface area contributed by atoms with E-state index in [0.717, 1.165) is 5.56 Å². The highest BCUT2D eigenvalue weighted by Crippen LogP contribution is 2.32. The van der Waals surface area contributed by atoms with Gasteiger partial charge in [-0.25, -0.2) is 0 Å². The van der Waals surface area contributed by atoms with Gasteiger partial charge in [0.1, 0.15) is 12.2 Å². The third-order valence-electron chi connectivity index (χ3n) is 3.42. The number of fused-ring (bicyclic) bond motifs is 1. The van der Waals surface area contributed by atoms with Crippen LogP contribution in [0.2, 0.25) is 0 Å². The Morgan fingerprint density at radius 1 is 1.21 bits per heavy atom. The molecule has 3 rings (SSSR count). The van der Waals surface area contributed by atoms with Gasteiger partial charge in [-0.3, -0.25) is 4.79 Å². The van der Waals surface area contributed by atoms with E-state index in [2.05, 4.69) is 6.58 Å². The van der Waals surface area contributed by atoms with Crippen LogP contribution in [0.3, 0.4) is 0 Å². The van der Waals surface area contributed by atoms with Gasteiger partial charge in [-0.15, -0.1) is 6.58 Å². The molecule has 0 aromatic heterocycles. The summed E-state index contributed by atoms with van der Waals surface area (Å²) in [6.07, 6.45) is 0.396. The molecule has 19 heavy (non-hydrogen) atoms. The molecule has 0 saturated carbocycles. The standard InChI is InChI=1S/C15H16O4/c1-2-11-8-12(16)14-13(18-11)9-17-15(19-14)10-6-4-3-5-7-10/h2-7,11,13-15H,1,8-9H2/t11-,13-,14+,15?/m1/s1. The van der Waals surface area contributed by atoms with Gasteiger partial charge in [-0.2, -0.15) is 0 Å². The van der Waals surface area contributed by atoms with Gasteiger partial charge in [-0.05, 0) is 0 Å². The van der Waals surface area contributed by atoms with Crippen molar-refractivity contribution in [1.82, 2.24) is 0 Å². The van der Waals surface area contributed by atoms with Crippen LogP contribution in [0.4, 0.5) is 0 Å². The highest BCUT2D eigenvalue weighted by Gasteiger charge is 2.42. The molecule has 2 aliphatic rings. The van der Waals surface area contributed by atoms with E-state index in [0.29, 0.717) is 13.0 Å². The number of hydrogen-bond donors (Lipinski definition) is 0. The van der Waals surface area contributed by atoms with E-state index >= 15 is 0 Å². The molecule has 1 unspecified atom stereocenters. The molecule has 0 spiro atoms. The first-order valence-electron chi connectivity index (χ1n) is 6.40. The van der Waals surface area contributed by atoms with E-state index in [9.17, 15) is 4.79 Å². The second-order valence-electron chi connectivity index (χ2n) is 4.75. The molecule has 0 N–H and O–H groups in total. The third kappa shape index (κ3) is 2.47. The Balaban J connectivity index is 1.74. The molecule has 2 fully saturated rings. The van der Waals surface area contributed by atoms with Crippen molar-refractivity contribution in [3.63, 3.8) is 0 Å². The quantitative estimate of drug-likeness (QED) is 0.763. The van der Waals surface area contributed by atoms with E-state index in [1.807, 2.05) is 30.3 Å². The zero-order valence-electron chi connectivity index (χ0n) is 10.5. The van der Waals surface area contributed by atoms with Crippen LogP contribution in [-0.4, -0.2) is 30.7 Å². The fourth-order valence-corrected chi connectivity index (χ4v) is 2.43. The predicted octanol–water partition coefficient (Wildman–Crippen LogP) is 2.01. The molecular formula is C15H16O4. The van der Waals surface area contributed by atoms with Crippen LogP contribution >= 0.6 is 0 Å². The van der Waals surface area contributed by atoms with Crippen LogP contribution in [-0.2, 0) is 19.0 Å². The monoisotopic (exact) mass is 260 g/mol. The molecule has 0 aliphatic carbocycles. The smallest absolute Gasteiger partial charge is 0.184 e. The van der Waals surface area contributed by atoms with Crippen molar-refractivity contribution in [2.75, 3.05) is 6.61 Å². The first kappa shape index (κ1) is 12.5. The zero-order chi connectivity index (χ0) is 13.2. The lowest BCUT2D eigenvalue weighted by molar-refractivity contribution is -0.272. The van der Waals surface area contributed by atoms with Crippen molar-refractivity contribution in [2.45, 2.75) is 31.0 Å². The summed E-state index contributed by atoms with van der Waals surface area (Å²) in [7, 11) is 0. The average Bonchev–Trinajstić information content (AvgIpc) is 2.47. The normalized spacial score (nSPS) is 34.6. The second kappa shape index (κ2) is 5.25. The predicted molar refractivity (Wildman–Crippen MR) is 68.5 cm³/mol. The first-order chi connectivity index (χ1) is 9.28. The topological polar surface area (TPSA) is 44.8 Å². The van der Waals surface area contributed by atoms with E-state index < -0.39 is 12.4 Å². The summed E-state index contributed by atoms with van der Waals surface area (Å²) in [6, 6.07) is 9.61. The summed E-state index contributed by atoms with van der Waals surface area (Å²) in [4.78, 5) is 12.1. The van der Waals surface area contributed by atoms with Crippen molar-refractivity contribution >= 4 is 5.78 Å². The fourth-order valence-electron chi connectivity index (χ4n) is 2.43. The highest BCUT2D eigenvalue weighted by molar-refractivity contribution is 5.85.